The van der Waals surface area contributed by atoms with E-state index in [-0.39, 0.29) is 132 Å². The monoisotopic (exact) mass is 2270 g/mol. The van der Waals surface area contributed by atoms with Crippen LogP contribution in [0.1, 0.15) is 153 Å². The van der Waals surface area contributed by atoms with E-state index in [0.717, 1.165) is 84.6 Å². The van der Waals surface area contributed by atoms with Gasteiger partial charge in [0, 0.05) is 118 Å². The number of Topliss-reactive ketones (excluding diaryl/α,β-unsaturated/α-hetero) is 1. The van der Waals surface area contributed by atoms with Gasteiger partial charge in [-0.25, -0.2) is 4.79 Å². The third-order valence-electron chi connectivity index (χ3n) is 19.7. The molecule has 10 aromatic rings. The van der Waals surface area contributed by atoms with Crippen LogP contribution in [0.4, 0.5) is 0 Å². The van der Waals surface area contributed by atoms with Crippen LogP contribution in [0.25, 0.3) is 45.5 Å². The van der Waals surface area contributed by atoms with E-state index in [1.54, 1.807) is 57.2 Å². The molecule has 10 atom stereocenters. The van der Waals surface area contributed by atoms with Crippen LogP contribution in [-0.2, 0) is 42.6 Å². The molecule has 3 fully saturated rings. The van der Waals surface area contributed by atoms with Gasteiger partial charge in [0.1, 0.15) is 55.1 Å². The number of carboxylic acids is 1. The van der Waals surface area contributed by atoms with Gasteiger partial charge in [0.05, 0.1) is 36.0 Å². The predicted molar refractivity (Wildman–Crippen MR) is 494 cm³/mol. The van der Waals surface area contributed by atoms with Gasteiger partial charge in [0.2, 0.25) is 35.3 Å². The van der Waals surface area contributed by atoms with Crippen LogP contribution in [0, 0.1) is 67.2 Å². The summed E-state index contributed by atoms with van der Waals surface area (Å²) < 4.78 is 55.6. The molecule has 0 bridgehead atoms. The van der Waals surface area contributed by atoms with Gasteiger partial charge < -0.3 is 73.8 Å². The zero-order valence-electron chi connectivity index (χ0n) is 70.6. The van der Waals surface area contributed by atoms with Crippen molar-refractivity contribution in [2.45, 2.75) is 178 Å². The molecule has 6 heterocycles. The van der Waals surface area contributed by atoms with Crippen LogP contribution in [0.2, 0.25) is 0 Å². The van der Waals surface area contributed by atoms with Gasteiger partial charge in [-0.15, -0.1) is 54.6 Å². The molecule has 13 rings (SSSR count). The molecule has 3 saturated heterocycles. The maximum absolute atomic E-state index is 11.9. The van der Waals surface area contributed by atoms with Gasteiger partial charge in [-0.1, -0.05) is 126 Å². The molecular formula is C85H98BBr4I3KN7O19. The number of aliphatic hydroxyl groups is 4. The Bertz CT molecular complexity index is 5000. The van der Waals surface area contributed by atoms with Gasteiger partial charge in [-0.2, -0.15) is 0 Å². The molecule has 35 heteroatoms. The largest absolute Gasteiger partial charge is 1.00 e. The summed E-state index contributed by atoms with van der Waals surface area (Å²) in [7, 11) is -0.510. The first-order valence-electron chi connectivity index (χ1n) is 37.2. The molecule has 26 nitrogen and oxygen atoms in total. The van der Waals surface area contributed by atoms with E-state index in [9.17, 15) is 44.4 Å². The van der Waals surface area contributed by atoms with Gasteiger partial charge in [0.15, 0.2) is 0 Å². The maximum atomic E-state index is 11.9. The van der Waals surface area contributed by atoms with E-state index in [0.29, 0.717) is 52.0 Å². The van der Waals surface area contributed by atoms with Crippen molar-refractivity contribution in [2.75, 3.05) is 19.8 Å². The number of ether oxygens (including phenoxy) is 4. The van der Waals surface area contributed by atoms with Gasteiger partial charge in [-0.05, 0) is 222 Å². The number of carboxylic acid groups (broad SMARTS) is 1. The van der Waals surface area contributed by atoms with Crippen molar-refractivity contribution in [3.63, 3.8) is 0 Å². The number of esters is 2. The molecule has 7 aromatic carbocycles. The third kappa shape index (κ3) is 29.8. The van der Waals surface area contributed by atoms with E-state index in [1.807, 2.05) is 179 Å². The minimum absolute atomic E-state index is 0. The molecule has 6 N–H and O–H groups in total. The zero-order chi connectivity index (χ0) is 87.4. The summed E-state index contributed by atoms with van der Waals surface area (Å²) in [6, 6.07) is 43.2. The summed E-state index contributed by atoms with van der Waals surface area (Å²) in [6.07, 6.45) is -7.22. The molecule has 120 heavy (non-hydrogen) atoms. The van der Waals surface area contributed by atoms with Gasteiger partial charge >= 0.3 is 76.4 Å². The number of halogens is 7. The number of carbonyl (C=O) groups is 5. The summed E-state index contributed by atoms with van der Waals surface area (Å²) in [5.74, 6) is 1.41. The smallest absolute Gasteiger partial charge is 1.00 e. The molecular weight excluding hydrogens is 2170 g/mol. The molecule has 0 radical (unpaired) electrons. The third-order valence-corrected chi connectivity index (χ3v) is 23.2. The Kier molecular flexibility index (Phi) is 43.3. The second-order valence-corrected chi connectivity index (χ2v) is 32.7. The van der Waals surface area contributed by atoms with E-state index < -0.39 is 73.6 Å². The Morgan fingerprint density at radius 3 is 1.38 bits per heavy atom. The van der Waals surface area contributed by atoms with E-state index in [1.165, 1.54) is 20.8 Å². The van der Waals surface area contributed by atoms with Crippen molar-refractivity contribution in [1.82, 2.24) is 35.9 Å². The number of aromatic carboxylic acids is 1. The second kappa shape index (κ2) is 49.2. The first-order valence-corrected chi connectivity index (χ1v) is 46.7. The average Bonchev–Trinajstić information content (AvgIpc) is 1.63. The van der Waals surface area contributed by atoms with Crippen molar-refractivity contribution < 1.29 is 144 Å². The molecule has 1 amide bonds. The number of aromatic nitrogens is 6. The molecule has 0 spiro atoms. The summed E-state index contributed by atoms with van der Waals surface area (Å²) >= 11 is 17.8. The summed E-state index contributed by atoms with van der Waals surface area (Å²) in [5.41, 5.74) is 12.2. The Morgan fingerprint density at radius 2 is 0.950 bits per heavy atom. The van der Waals surface area contributed by atoms with Crippen LogP contribution >= 0.6 is 125 Å². The number of nitrogens with zero attached hydrogens (tertiary/aromatic N) is 6. The van der Waals surface area contributed by atoms with Crippen molar-refractivity contribution in [3.05, 3.63) is 225 Å². The van der Waals surface area contributed by atoms with Crippen LogP contribution in [0.3, 0.4) is 0 Å². The van der Waals surface area contributed by atoms with Crippen LogP contribution in [0.15, 0.2) is 171 Å². The number of carbonyl (C=O) groups excluding carboxylic acids is 4. The minimum atomic E-state index is -1.41. The van der Waals surface area contributed by atoms with Crippen LogP contribution in [0.5, 0.6) is 0 Å². The molecule has 0 saturated carbocycles. The summed E-state index contributed by atoms with van der Waals surface area (Å²) in [5, 5.41) is 74.4. The van der Waals surface area contributed by atoms with Crippen molar-refractivity contribution in [2.24, 2.45) is 11.8 Å². The first-order chi connectivity index (χ1) is 55.6. The number of benzene rings is 7. The Morgan fingerprint density at radius 1 is 0.517 bits per heavy atom. The first kappa shape index (κ1) is 106. The predicted octanol–water partition coefficient (Wildman–Crippen LogP) is 15.0. The summed E-state index contributed by atoms with van der Waals surface area (Å²) in [6.45, 7) is 31.2. The number of ketones is 1. The van der Waals surface area contributed by atoms with Gasteiger partial charge in [0.25, 0.3) is 5.91 Å². The van der Waals surface area contributed by atoms with Crippen molar-refractivity contribution in [3.8, 4) is 45.5 Å². The van der Waals surface area contributed by atoms with Crippen molar-refractivity contribution in [1.29, 1.82) is 0 Å². The fraction of sp³-hybridized carbons (Fsp3) is 0.376. The standard InChI is InChI=1S/C24H35BO7.C22H24N2O6.C11H12BrNO2.2C10H9BrN2O.C8H7BrO2.I2.HI.K.H/c1-14-15(2)21(29-17(4)27)22(30-20(14)13-28-16(3)26)18-10-9-11-19(12-18)25-31-23(5,6)24(7,8)32-25;1-11-8-15(22-24-23-12(2)29-22)6-7-16(11)13-4-3-5-14(9-13)21-20(28)19(27)18(26)17(10-25)30-21;1-7-5-9(3-4-10(7)12)11(15)13-6-8(2)14;2*1-6-5-8(3-4-9(6)11)10-13-12-7(2)14-10;1-5-4-6(8(10)11)2-3-7(5)9;1-2;;;/h9-12,14-15,20-22H,13H2,1-8H3;3-9,17-21,25-28H,10H2,1-2H3;3-5H,6H2,1-2H3,(H,13,15);2*3-5H,1-2H3;2-4H,1H3,(H,10,11);;1H;;/q;;;;;;;;+1;-1/t14-,15-,20+,21-,22+;17-,18-,19+,20+,21-;;;;;;;;/m01......../s1. The number of hydrogen-bond donors (Lipinski definition) is 6. The van der Waals surface area contributed by atoms with Gasteiger partial charge in [-0.3, -0.25) is 19.2 Å². The maximum Gasteiger partial charge on any atom is 1.00 e. The van der Waals surface area contributed by atoms with E-state index in [2.05, 4.69) is 137 Å². The number of rotatable bonds is 15. The number of amides is 1. The fourth-order valence-corrected chi connectivity index (χ4v) is 13.2. The number of hydrogen-bond acceptors (Lipinski definition) is 24. The molecule has 3 aliphatic rings. The Balaban J connectivity index is 0.000000316. The zero-order valence-corrected chi connectivity index (χ0v) is 85.7. The molecule has 3 aliphatic heterocycles. The second-order valence-electron chi connectivity index (χ2n) is 29.3. The molecule has 0 aliphatic carbocycles. The molecule has 3 aromatic heterocycles. The number of aliphatic hydroxyl groups excluding tert-OH is 4. The minimum Gasteiger partial charge on any atom is -1.00 e. The van der Waals surface area contributed by atoms with Crippen LogP contribution in [-0.4, -0.2) is 160 Å². The fourth-order valence-electron chi connectivity index (χ4n) is 12.2. The van der Waals surface area contributed by atoms with Crippen molar-refractivity contribution >= 4 is 167 Å². The number of aryl methyl sites for hydroxylation is 8. The SMILES string of the molecule is CC(=O)CNC(=O)c1ccc(Br)c(C)c1.CC(=O)OC[C@H]1O[C@H](c2cccc(B3OC(C)(C)C(C)(C)O3)c2)[C@@H](OC(C)=O)[C@@H](C)[C@@H]1C.Cc1cc(C(=O)O)ccc1Br.Cc1nnc(-c2ccc(-c3cccc([C@H]4O[C@H](CO)[C@@H](O)[C@H](O)[C@@H]4O)c3)c(C)c2)o1.Cc1nnc(-c2ccc(Br)c(C)c2)o1.Cc1nnc(-c2ccc(Br)c(C)c2)o1.I.II.[H-].[K+]. The summed E-state index contributed by atoms with van der Waals surface area (Å²) in [4.78, 5) is 55.9. The van der Waals surface area contributed by atoms with E-state index in [4.69, 9.17) is 46.6 Å². The average molecular weight is 2270 g/mol. The van der Waals surface area contributed by atoms with E-state index >= 15 is 0 Å². The number of nitrogens with one attached hydrogen (secondary N) is 1. The molecule has 0 unspecified atom stereocenters. The Hall–Kier alpha value is -5.00. The quantitative estimate of drug-likeness (QED) is 0.0315. The molecule has 640 valence electrons. The van der Waals surface area contributed by atoms with Crippen LogP contribution < -0.4 is 62.2 Å². The normalized spacial score (nSPS) is 19.6. The topological polar surface area (TPSA) is 371 Å². The Labute approximate surface area is 817 Å².